The average molecular weight is 374 g/mol. The van der Waals surface area contributed by atoms with Gasteiger partial charge in [-0.05, 0) is 20.8 Å². The predicted octanol–water partition coefficient (Wildman–Crippen LogP) is 1.65. The zero-order valence-corrected chi connectivity index (χ0v) is 15.2. The number of aliphatic carboxylic acids is 3. The van der Waals surface area contributed by atoms with Crippen molar-refractivity contribution in [2.45, 2.75) is 20.8 Å². The Hall–Kier alpha value is -3.20. The molecule has 0 saturated heterocycles. The molecule has 0 amide bonds. The summed E-state index contributed by atoms with van der Waals surface area (Å²) in [4.78, 5) is 38.9. The molecule has 9 nitrogen and oxygen atoms in total. The first-order valence-corrected chi connectivity index (χ1v) is 6.80. The van der Waals surface area contributed by atoms with Crippen LogP contribution in [0.4, 0.5) is 0 Å². The van der Waals surface area contributed by atoms with Crippen molar-refractivity contribution < 1.29 is 44.3 Å². The zero-order chi connectivity index (χ0) is 21.9. The van der Waals surface area contributed by atoms with E-state index in [0.717, 1.165) is 6.08 Å². The van der Waals surface area contributed by atoms with Crippen molar-refractivity contribution in [2.24, 2.45) is 0 Å². The largest absolute Gasteiger partial charge is 0.478 e. The van der Waals surface area contributed by atoms with Crippen LogP contribution in [0, 0.1) is 0 Å². The summed E-state index contributed by atoms with van der Waals surface area (Å²) in [5.41, 5.74) is 0.702. The van der Waals surface area contributed by atoms with Crippen molar-refractivity contribution in [2.75, 3.05) is 13.2 Å². The molecule has 0 aromatic rings. The van der Waals surface area contributed by atoms with Crippen LogP contribution in [-0.4, -0.2) is 57.5 Å². The molecule has 0 atom stereocenters. The van der Waals surface area contributed by atoms with Crippen LogP contribution in [0.5, 0.6) is 0 Å². The molecule has 0 saturated carbocycles. The molecule has 0 unspecified atom stereocenters. The van der Waals surface area contributed by atoms with E-state index in [4.69, 9.17) is 20.4 Å². The minimum Gasteiger partial charge on any atom is -0.478 e. The number of hydrogen-bond acceptors (Lipinski definition) is 6. The van der Waals surface area contributed by atoms with Gasteiger partial charge < -0.3 is 25.2 Å². The van der Waals surface area contributed by atoms with Gasteiger partial charge in [-0.2, -0.15) is 0 Å². The molecule has 0 heterocycles. The standard InChI is InChI=1S/C6H10O3.2C4H6O2.C3H4O2/c1-5(2)6(8)9-4-3-7;2*1-3(2)4(5)6;1-2-3(4)5/h7H,1,3-4H2,2H3;2*1H2,2H3,(H,5,6);2H,1H2,(H,4,5). The summed E-state index contributed by atoms with van der Waals surface area (Å²) in [6.45, 7) is 17.0. The second kappa shape index (κ2) is 19.8. The highest BCUT2D eigenvalue weighted by molar-refractivity contribution is 5.87. The normalized spacial score (nSPS) is 7.69. The van der Waals surface area contributed by atoms with E-state index in [1.54, 1.807) is 6.92 Å². The Labute approximate surface area is 152 Å². The second-order valence-electron chi connectivity index (χ2n) is 4.35. The summed E-state index contributed by atoms with van der Waals surface area (Å²) in [6.07, 6.45) is 0.833. The number of aliphatic hydroxyl groups excluding tert-OH is 1. The molecule has 26 heavy (non-hydrogen) atoms. The Morgan fingerprint density at radius 2 is 1.12 bits per heavy atom. The first kappa shape index (κ1) is 30.7. The highest BCUT2D eigenvalue weighted by atomic mass is 16.5. The van der Waals surface area contributed by atoms with Gasteiger partial charge in [0.15, 0.2) is 0 Å². The van der Waals surface area contributed by atoms with Gasteiger partial charge in [0.25, 0.3) is 0 Å². The molecule has 0 spiro atoms. The summed E-state index contributed by atoms with van der Waals surface area (Å²) in [5.74, 6) is -3.31. The first-order chi connectivity index (χ1) is 11.7. The maximum absolute atomic E-state index is 10.5. The van der Waals surface area contributed by atoms with Gasteiger partial charge in [0.2, 0.25) is 0 Å². The number of aliphatic hydroxyl groups is 1. The number of carbonyl (C=O) groups is 4. The number of esters is 1. The van der Waals surface area contributed by atoms with Crippen LogP contribution in [0.2, 0.25) is 0 Å². The number of hydrogen-bond donors (Lipinski definition) is 4. The van der Waals surface area contributed by atoms with Crippen molar-refractivity contribution in [3.8, 4) is 0 Å². The number of rotatable bonds is 6. The Balaban J connectivity index is -0.000000128. The Morgan fingerprint density at radius 3 is 1.23 bits per heavy atom. The fourth-order valence-corrected chi connectivity index (χ4v) is 0.262. The van der Waals surface area contributed by atoms with Crippen LogP contribution >= 0.6 is 0 Å². The van der Waals surface area contributed by atoms with E-state index in [9.17, 15) is 19.2 Å². The van der Waals surface area contributed by atoms with E-state index in [2.05, 4.69) is 31.1 Å². The highest BCUT2D eigenvalue weighted by Gasteiger charge is 1.99. The predicted molar refractivity (Wildman–Crippen MR) is 95.6 cm³/mol. The molecule has 148 valence electrons. The van der Waals surface area contributed by atoms with Crippen molar-refractivity contribution in [3.63, 3.8) is 0 Å². The summed E-state index contributed by atoms with van der Waals surface area (Å²) < 4.78 is 4.46. The van der Waals surface area contributed by atoms with E-state index < -0.39 is 23.9 Å². The fourth-order valence-electron chi connectivity index (χ4n) is 0.262. The van der Waals surface area contributed by atoms with Crippen LogP contribution in [0.3, 0.4) is 0 Å². The van der Waals surface area contributed by atoms with Gasteiger partial charge in [-0.1, -0.05) is 26.3 Å². The maximum Gasteiger partial charge on any atom is 0.333 e. The van der Waals surface area contributed by atoms with Crippen molar-refractivity contribution in [1.29, 1.82) is 0 Å². The molecule has 0 aromatic heterocycles. The molecular weight excluding hydrogens is 348 g/mol. The SMILES string of the molecule is C=C(C)C(=O)O.C=C(C)C(=O)O.C=C(C)C(=O)OCCO.C=CC(=O)O. The van der Waals surface area contributed by atoms with E-state index in [1.807, 2.05) is 0 Å². The van der Waals surface area contributed by atoms with E-state index >= 15 is 0 Å². The Morgan fingerprint density at radius 1 is 0.846 bits per heavy atom. The molecule has 0 aliphatic heterocycles. The quantitative estimate of drug-likeness (QED) is 0.400. The van der Waals surface area contributed by atoms with Crippen molar-refractivity contribution >= 4 is 23.9 Å². The van der Waals surface area contributed by atoms with Gasteiger partial charge in [-0.25, -0.2) is 19.2 Å². The lowest BCUT2D eigenvalue weighted by Crippen LogP contribution is -2.08. The molecule has 9 heteroatoms. The van der Waals surface area contributed by atoms with Crippen LogP contribution in [0.15, 0.2) is 49.1 Å². The topological polar surface area (TPSA) is 158 Å². The summed E-state index contributed by atoms with van der Waals surface area (Å²) >= 11 is 0. The van der Waals surface area contributed by atoms with E-state index in [-0.39, 0.29) is 24.4 Å². The molecule has 0 aromatic carbocycles. The van der Waals surface area contributed by atoms with Gasteiger partial charge >= 0.3 is 23.9 Å². The Kier molecular flexibility index (Phi) is 23.4. The third-order valence-corrected chi connectivity index (χ3v) is 1.58. The fraction of sp³-hybridized carbons (Fsp3) is 0.294. The van der Waals surface area contributed by atoms with Gasteiger partial charge in [0, 0.05) is 22.8 Å². The first-order valence-electron chi connectivity index (χ1n) is 6.80. The molecular formula is C17H26O9. The van der Waals surface area contributed by atoms with Gasteiger partial charge in [0.1, 0.15) is 6.61 Å². The molecule has 0 bridgehead atoms. The maximum atomic E-state index is 10.5. The minimum absolute atomic E-state index is 0.0473. The summed E-state index contributed by atoms with van der Waals surface area (Å²) in [6, 6.07) is 0. The lowest BCUT2D eigenvalue weighted by molar-refractivity contribution is -0.140. The second-order valence-corrected chi connectivity index (χ2v) is 4.35. The third kappa shape index (κ3) is 37.2. The Bertz CT molecular complexity index is 482. The monoisotopic (exact) mass is 374 g/mol. The van der Waals surface area contributed by atoms with Crippen molar-refractivity contribution in [3.05, 3.63) is 49.1 Å². The van der Waals surface area contributed by atoms with E-state index in [1.165, 1.54) is 13.8 Å². The molecule has 0 aliphatic carbocycles. The summed E-state index contributed by atoms with van der Waals surface area (Å²) in [5, 5.41) is 31.6. The van der Waals surface area contributed by atoms with Crippen LogP contribution in [0.25, 0.3) is 0 Å². The number of ether oxygens (including phenoxy) is 1. The smallest absolute Gasteiger partial charge is 0.333 e. The van der Waals surface area contributed by atoms with Crippen LogP contribution in [-0.2, 0) is 23.9 Å². The van der Waals surface area contributed by atoms with Gasteiger partial charge in [0.05, 0.1) is 6.61 Å². The molecule has 0 aliphatic rings. The number of carboxylic acids is 3. The molecule has 4 N–H and O–H groups in total. The van der Waals surface area contributed by atoms with Crippen LogP contribution < -0.4 is 0 Å². The molecule has 0 rings (SSSR count). The number of carboxylic acid groups (broad SMARTS) is 3. The minimum atomic E-state index is -0.981. The highest BCUT2D eigenvalue weighted by Crippen LogP contribution is 1.90. The van der Waals surface area contributed by atoms with Crippen LogP contribution in [0.1, 0.15) is 20.8 Å². The third-order valence-electron chi connectivity index (χ3n) is 1.58. The van der Waals surface area contributed by atoms with Gasteiger partial charge in [-0.15, -0.1) is 0 Å². The molecule has 0 radical (unpaired) electrons. The zero-order valence-electron chi connectivity index (χ0n) is 15.2. The lowest BCUT2D eigenvalue weighted by atomic mass is 10.4. The van der Waals surface area contributed by atoms with E-state index in [0.29, 0.717) is 5.57 Å². The average Bonchev–Trinajstić information content (AvgIpc) is 2.53. The lowest BCUT2D eigenvalue weighted by Gasteiger charge is -1.99. The van der Waals surface area contributed by atoms with Gasteiger partial charge in [-0.3, -0.25) is 0 Å². The number of carbonyl (C=O) groups excluding carboxylic acids is 1. The van der Waals surface area contributed by atoms with Crippen molar-refractivity contribution in [1.82, 2.24) is 0 Å². The molecule has 0 fully saturated rings. The summed E-state index contributed by atoms with van der Waals surface area (Å²) in [7, 11) is 0.